The normalized spacial score (nSPS) is 15.6. The van der Waals surface area contributed by atoms with Gasteiger partial charge in [-0.25, -0.2) is 8.42 Å². The quantitative estimate of drug-likeness (QED) is 0.590. The monoisotopic (exact) mass is 277 g/mol. The first-order valence-corrected chi connectivity index (χ1v) is 9.19. The van der Waals surface area contributed by atoms with Crippen LogP contribution in [0.2, 0.25) is 0 Å². The highest BCUT2D eigenvalue weighted by Crippen LogP contribution is 2.17. The highest BCUT2D eigenvalue weighted by atomic mass is 32.2. The molecule has 4 heteroatoms. The van der Waals surface area contributed by atoms with E-state index in [9.17, 15) is 8.42 Å². The van der Waals surface area contributed by atoms with Gasteiger partial charge < -0.3 is 5.32 Å². The van der Waals surface area contributed by atoms with Crippen molar-refractivity contribution in [1.29, 1.82) is 0 Å². The van der Waals surface area contributed by atoms with Crippen LogP contribution in [0.15, 0.2) is 0 Å². The standard InChI is InChI=1S/C14H31NO2S/c1-5-9-10-12-18(16,17)14(7-3)13(11-6-2)15-8-4/h13-15H,5-12H2,1-4H3. The number of sulfone groups is 1. The summed E-state index contributed by atoms with van der Waals surface area (Å²) >= 11 is 0. The van der Waals surface area contributed by atoms with Gasteiger partial charge in [0.25, 0.3) is 0 Å². The van der Waals surface area contributed by atoms with Gasteiger partial charge in [0.15, 0.2) is 9.84 Å². The van der Waals surface area contributed by atoms with Gasteiger partial charge in [0.1, 0.15) is 0 Å². The molecule has 0 aromatic rings. The summed E-state index contributed by atoms with van der Waals surface area (Å²) in [5.41, 5.74) is 0. The van der Waals surface area contributed by atoms with Gasteiger partial charge in [-0.05, 0) is 25.8 Å². The lowest BCUT2D eigenvalue weighted by atomic mass is 10.1. The van der Waals surface area contributed by atoms with E-state index < -0.39 is 9.84 Å². The molecule has 0 saturated carbocycles. The molecular weight excluding hydrogens is 246 g/mol. The molecule has 0 aliphatic heterocycles. The molecule has 0 saturated heterocycles. The highest BCUT2D eigenvalue weighted by molar-refractivity contribution is 7.92. The molecule has 0 rings (SSSR count). The lowest BCUT2D eigenvalue weighted by Crippen LogP contribution is -2.44. The molecule has 0 aliphatic rings. The number of hydrogen-bond donors (Lipinski definition) is 1. The lowest BCUT2D eigenvalue weighted by molar-refractivity contribution is 0.444. The summed E-state index contributed by atoms with van der Waals surface area (Å²) in [5, 5.41) is 3.14. The molecule has 0 heterocycles. The van der Waals surface area contributed by atoms with Crippen molar-refractivity contribution in [3.05, 3.63) is 0 Å². The fraction of sp³-hybridized carbons (Fsp3) is 1.00. The van der Waals surface area contributed by atoms with Gasteiger partial charge >= 0.3 is 0 Å². The molecule has 0 bridgehead atoms. The Morgan fingerprint density at radius 1 is 1.00 bits per heavy atom. The van der Waals surface area contributed by atoms with Crippen molar-refractivity contribution in [2.45, 2.75) is 77.5 Å². The average Bonchev–Trinajstić information content (AvgIpc) is 2.30. The van der Waals surface area contributed by atoms with Crippen LogP contribution in [0, 0.1) is 0 Å². The van der Waals surface area contributed by atoms with Gasteiger partial charge in [0, 0.05) is 6.04 Å². The minimum absolute atomic E-state index is 0.122. The maximum atomic E-state index is 12.4. The van der Waals surface area contributed by atoms with Gasteiger partial charge in [0.05, 0.1) is 11.0 Å². The van der Waals surface area contributed by atoms with Gasteiger partial charge in [0.2, 0.25) is 0 Å². The van der Waals surface area contributed by atoms with Crippen molar-refractivity contribution in [3.8, 4) is 0 Å². The van der Waals surface area contributed by atoms with Crippen LogP contribution < -0.4 is 5.32 Å². The maximum Gasteiger partial charge on any atom is 0.154 e. The molecule has 2 atom stereocenters. The molecular formula is C14H31NO2S. The van der Waals surface area contributed by atoms with E-state index in [4.69, 9.17) is 0 Å². The van der Waals surface area contributed by atoms with E-state index in [1.165, 1.54) is 0 Å². The summed E-state index contributed by atoms with van der Waals surface area (Å²) in [4.78, 5) is 0. The van der Waals surface area contributed by atoms with Crippen LogP contribution in [0.4, 0.5) is 0 Å². The van der Waals surface area contributed by atoms with Crippen LogP contribution in [0.1, 0.15) is 66.2 Å². The van der Waals surface area contributed by atoms with Crippen molar-refractivity contribution in [2.75, 3.05) is 12.3 Å². The number of nitrogens with one attached hydrogen (secondary N) is 1. The molecule has 0 spiro atoms. The molecule has 0 aromatic carbocycles. The van der Waals surface area contributed by atoms with Crippen LogP contribution in [-0.2, 0) is 9.84 Å². The zero-order valence-electron chi connectivity index (χ0n) is 12.5. The molecule has 0 aromatic heterocycles. The molecule has 2 unspecified atom stereocenters. The first-order chi connectivity index (χ1) is 8.53. The maximum absolute atomic E-state index is 12.4. The molecule has 0 aliphatic carbocycles. The Morgan fingerprint density at radius 3 is 2.11 bits per heavy atom. The summed E-state index contributed by atoms with van der Waals surface area (Å²) in [6.45, 7) is 9.08. The third-order valence-electron chi connectivity index (χ3n) is 3.41. The molecule has 0 fully saturated rings. The summed E-state index contributed by atoms with van der Waals surface area (Å²) in [5.74, 6) is 0.352. The SMILES string of the molecule is CCCCCS(=O)(=O)C(CC)C(CCC)NCC. The Kier molecular flexibility index (Phi) is 9.74. The van der Waals surface area contributed by atoms with Crippen LogP contribution in [0.25, 0.3) is 0 Å². The molecule has 0 radical (unpaired) electrons. The Balaban J connectivity index is 4.68. The highest BCUT2D eigenvalue weighted by Gasteiger charge is 2.30. The van der Waals surface area contributed by atoms with Gasteiger partial charge in [-0.1, -0.05) is 47.0 Å². The minimum Gasteiger partial charge on any atom is -0.313 e. The number of unbranched alkanes of at least 4 members (excludes halogenated alkanes) is 2. The zero-order chi connectivity index (χ0) is 14.0. The molecule has 18 heavy (non-hydrogen) atoms. The third kappa shape index (κ3) is 6.19. The smallest absolute Gasteiger partial charge is 0.154 e. The van der Waals surface area contributed by atoms with Gasteiger partial charge in [-0.3, -0.25) is 0 Å². The molecule has 3 nitrogen and oxygen atoms in total. The molecule has 110 valence electrons. The fourth-order valence-corrected chi connectivity index (χ4v) is 4.64. The number of rotatable bonds is 11. The van der Waals surface area contributed by atoms with E-state index in [2.05, 4.69) is 19.2 Å². The molecule has 1 N–H and O–H groups in total. The first-order valence-electron chi connectivity index (χ1n) is 7.48. The van der Waals surface area contributed by atoms with Gasteiger partial charge in [-0.2, -0.15) is 0 Å². The second-order valence-electron chi connectivity index (χ2n) is 4.97. The average molecular weight is 277 g/mol. The van der Waals surface area contributed by atoms with Crippen LogP contribution in [0.5, 0.6) is 0 Å². The topological polar surface area (TPSA) is 46.2 Å². The lowest BCUT2D eigenvalue weighted by Gasteiger charge is -2.26. The van der Waals surface area contributed by atoms with Crippen molar-refractivity contribution in [3.63, 3.8) is 0 Å². The van der Waals surface area contributed by atoms with Crippen LogP contribution in [0.3, 0.4) is 0 Å². The fourth-order valence-electron chi connectivity index (χ4n) is 2.49. The predicted octanol–water partition coefficient (Wildman–Crippen LogP) is 3.15. The van der Waals surface area contributed by atoms with Crippen LogP contribution >= 0.6 is 0 Å². The third-order valence-corrected chi connectivity index (χ3v) is 5.85. The second kappa shape index (κ2) is 9.79. The largest absolute Gasteiger partial charge is 0.313 e. The predicted molar refractivity (Wildman–Crippen MR) is 79.8 cm³/mol. The van der Waals surface area contributed by atoms with E-state index in [0.717, 1.165) is 38.6 Å². The van der Waals surface area contributed by atoms with Crippen molar-refractivity contribution in [2.24, 2.45) is 0 Å². The Morgan fingerprint density at radius 2 is 1.67 bits per heavy atom. The van der Waals surface area contributed by atoms with Crippen molar-refractivity contribution in [1.82, 2.24) is 5.32 Å². The first kappa shape index (κ1) is 17.9. The molecule has 0 amide bonds. The van der Waals surface area contributed by atoms with Crippen molar-refractivity contribution < 1.29 is 8.42 Å². The van der Waals surface area contributed by atoms with Gasteiger partial charge in [-0.15, -0.1) is 0 Å². The summed E-state index contributed by atoms with van der Waals surface area (Å²) in [6, 6.07) is 0.122. The summed E-state index contributed by atoms with van der Waals surface area (Å²) in [7, 11) is -2.95. The second-order valence-corrected chi connectivity index (χ2v) is 7.31. The summed E-state index contributed by atoms with van der Waals surface area (Å²) < 4.78 is 24.8. The number of hydrogen-bond acceptors (Lipinski definition) is 3. The van der Waals surface area contributed by atoms with E-state index >= 15 is 0 Å². The van der Waals surface area contributed by atoms with E-state index in [1.54, 1.807) is 0 Å². The van der Waals surface area contributed by atoms with Crippen LogP contribution in [-0.4, -0.2) is 32.0 Å². The van der Waals surface area contributed by atoms with E-state index in [0.29, 0.717) is 12.2 Å². The zero-order valence-corrected chi connectivity index (χ0v) is 13.4. The Bertz CT molecular complexity index is 282. The van der Waals surface area contributed by atoms with Crippen molar-refractivity contribution >= 4 is 9.84 Å². The minimum atomic E-state index is -2.95. The summed E-state index contributed by atoms with van der Waals surface area (Å²) in [6.07, 6.45) is 5.57. The Labute approximate surface area is 114 Å². The van der Waals surface area contributed by atoms with E-state index in [-0.39, 0.29) is 11.3 Å². The van der Waals surface area contributed by atoms with E-state index in [1.807, 2.05) is 13.8 Å². The Hall–Kier alpha value is -0.0900.